The highest BCUT2D eigenvalue weighted by atomic mass is 16.5. The van der Waals surface area contributed by atoms with E-state index in [0.29, 0.717) is 58.9 Å². The second-order valence-electron chi connectivity index (χ2n) is 13.9. The first-order valence-corrected chi connectivity index (χ1v) is 24.3. The van der Waals surface area contributed by atoms with Crippen LogP contribution >= 0.6 is 0 Å². The summed E-state index contributed by atoms with van der Waals surface area (Å²) in [5.41, 5.74) is 0. The Balaban J connectivity index is -0.0000000267. The van der Waals surface area contributed by atoms with Crippen molar-refractivity contribution in [3.05, 3.63) is 12.2 Å². The van der Waals surface area contributed by atoms with Crippen molar-refractivity contribution in [2.24, 2.45) is 0 Å². The Morgan fingerprint density at radius 1 is 0.422 bits per heavy atom. The minimum absolute atomic E-state index is 0. The predicted octanol–water partition coefficient (Wildman–Crippen LogP) is 11.8. The van der Waals surface area contributed by atoms with E-state index in [4.69, 9.17) is 4.74 Å². The third-order valence-corrected chi connectivity index (χ3v) is 5.64. The van der Waals surface area contributed by atoms with Gasteiger partial charge in [-0.15, -0.1) is 0 Å². The van der Waals surface area contributed by atoms with E-state index >= 15 is 0 Å². The lowest BCUT2D eigenvalue weighted by Gasteiger charge is -2.00. The van der Waals surface area contributed by atoms with E-state index in [2.05, 4.69) is 60.0 Å². The molecule has 22 nitrogen and oxygen atoms in total. The minimum atomic E-state index is -0.544. The lowest BCUT2D eigenvalue weighted by atomic mass is 10.4. The van der Waals surface area contributed by atoms with Crippen molar-refractivity contribution in [2.45, 2.75) is 238 Å². The Bertz CT molecular complexity index is 1360. The summed E-state index contributed by atoms with van der Waals surface area (Å²) in [6.07, 6.45) is 5.64. The van der Waals surface area contributed by atoms with E-state index in [1.807, 2.05) is 41.5 Å². The maximum absolute atomic E-state index is 10.5. The largest absolute Gasteiger partial charge is 0.466 e. The molecule has 83 heavy (non-hydrogen) atoms. The maximum Gasteiger partial charge on any atom is 0.407 e. The molecule has 0 fully saturated rings. The average molecular weight is 1220 g/mol. The van der Waals surface area contributed by atoms with Gasteiger partial charge in [-0.05, 0) is 95.7 Å². The van der Waals surface area contributed by atoms with Crippen LogP contribution in [-0.2, 0) is 71.7 Å². The number of hydrogen-bond donors (Lipinski definition) is 6. The summed E-state index contributed by atoms with van der Waals surface area (Å²) in [4.78, 5) is 121. The Morgan fingerprint density at radius 3 is 0.928 bits per heavy atom. The molecule has 0 radical (unpaired) electrons. The van der Waals surface area contributed by atoms with Gasteiger partial charge in [-0.3, -0.25) is 53.3 Å². The number of ether oxygens (including phenoxy) is 4. The van der Waals surface area contributed by atoms with E-state index in [1.165, 1.54) is 61.0 Å². The van der Waals surface area contributed by atoms with E-state index in [1.54, 1.807) is 54.9 Å². The summed E-state index contributed by atoms with van der Waals surface area (Å²) in [6.45, 7) is 39.0. The van der Waals surface area contributed by atoms with Crippen LogP contribution in [-0.4, -0.2) is 157 Å². The number of carbonyl (C=O) groups excluding carboxylic acids is 12. The molecule has 0 aliphatic heterocycles. The van der Waals surface area contributed by atoms with Gasteiger partial charge in [-0.25, -0.2) is 4.79 Å². The van der Waals surface area contributed by atoms with Crippen LogP contribution in [0.5, 0.6) is 0 Å². The van der Waals surface area contributed by atoms with Crippen LogP contribution in [0.4, 0.5) is 4.79 Å². The number of methoxy groups -OCH3 is 1. The molecule has 0 aromatic heterocycles. The van der Waals surface area contributed by atoms with E-state index < -0.39 is 6.09 Å². The zero-order valence-corrected chi connectivity index (χ0v) is 49.3. The summed E-state index contributed by atoms with van der Waals surface area (Å²) in [5.74, 6) is 0.508. The predicted molar refractivity (Wildman–Crippen MR) is 357 cm³/mol. The van der Waals surface area contributed by atoms with Crippen molar-refractivity contribution in [1.29, 1.82) is 0 Å². The molecule has 0 heterocycles. The van der Waals surface area contributed by atoms with E-state index in [0.717, 1.165) is 13.1 Å². The van der Waals surface area contributed by atoms with Gasteiger partial charge < -0.3 is 50.3 Å². The summed E-state index contributed by atoms with van der Waals surface area (Å²) in [5, 5.41) is 15.4. The quantitative estimate of drug-likeness (QED) is 0.0269. The molecule has 0 saturated carbocycles. The van der Waals surface area contributed by atoms with Crippen molar-refractivity contribution in [2.75, 3.05) is 86.6 Å². The first kappa shape index (κ1) is 142. The van der Waals surface area contributed by atoms with Gasteiger partial charge in [0.05, 0.1) is 46.1 Å². The molecule has 0 aromatic carbocycles. The van der Waals surface area contributed by atoms with Crippen molar-refractivity contribution < 1.29 is 76.5 Å². The highest BCUT2D eigenvalue weighted by Gasteiger charge is 1.99. The Hall–Kier alpha value is -5.58. The number of likely N-dealkylation sites (N-methyl/N-ethyl adjacent to an activating group) is 1. The average Bonchev–Trinajstić information content (AvgIpc) is 3.30. The molecule has 0 atom stereocenters. The van der Waals surface area contributed by atoms with Crippen LogP contribution in [0, 0.1) is 0 Å². The molecule has 0 saturated heterocycles. The molecule has 0 aromatic rings. The van der Waals surface area contributed by atoms with Crippen molar-refractivity contribution in [3.63, 3.8) is 0 Å². The Labute approximate surface area is 514 Å². The number of nitrogens with one attached hydrogen (secondary N) is 6. The Kier molecular flexibility index (Phi) is 226. The summed E-state index contributed by atoms with van der Waals surface area (Å²) < 4.78 is 18.3. The molecule has 0 rings (SSSR count). The summed E-state index contributed by atoms with van der Waals surface area (Å²) in [6, 6.07) is 0. The van der Waals surface area contributed by atoms with E-state index in [-0.39, 0.29) is 158 Å². The standard InChI is InChI=1S/C6H11NO3.C6H11NO2.C5H11NO2.C5H11NO.C5H10O2.C5H8O.2C4H9NO.C4H8O2.C4H8O.C3H8.10CH4/c1-3-10-6(9)7-4-5(2)8;1-3-6(9)7-4-5(2)8;1-5(7)3-6-4-8-2;1-3-6-4-5(2)7;1-3-7-4-5(2)6;1-3-4-5(2)6;1-3-4(6)5-2;1-3-5-4(2)6;1-3-6-4(2)5;1-3-4(2)5;1-3-2;;;;;;;;;;/h3-4H2,1-2H3,(H,7,9);3-4H2,1-2H3,(H,7,9);6H,3-4H2,1-2H3;6H,3-4H2,1-2H3;3-4H2,1-2H3;3-4H,1-2H3;2*3H2,1-2H3,(H,5,6);3H2,1-2H3;3H2,1-2H3;3H2,1-2H3;10*1H4. The van der Waals surface area contributed by atoms with Gasteiger partial charge in [0.1, 0.15) is 35.5 Å². The zero-order valence-electron chi connectivity index (χ0n) is 49.3. The van der Waals surface area contributed by atoms with Crippen molar-refractivity contribution in [1.82, 2.24) is 31.9 Å². The monoisotopic (exact) mass is 1220 g/mol. The van der Waals surface area contributed by atoms with Crippen LogP contribution in [0.15, 0.2) is 12.2 Å². The highest BCUT2D eigenvalue weighted by Crippen LogP contribution is 1.77. The first-order chi connectivity index (χ1) is 33.9. The molecule has 0 aliphatic rings. The topological polar surface area (TPSA) is 314 Å². The molecule has 22 heteroatoms. The van der Waals surface area contributed by atoms with Crippen molar-refractivity contribution in [3.8, 4) is 0 Å². The summed E-state index contributed by atoms with van der Waals surface area (Å²) in [7, 11) is 3.21. The third kappa shape index (κ3) is 302. The van der Waals surface area contributed by atoms with Gasteiger partial charge in [-0.1, -0.05) is 128 Å². The number of Topliss-reactive ketones (excluding diaryl/α,β-unsaturated/α-hetero) is 6. The van der Waals surface area contributed by atoms with Gasteiger partial charge in [0.15, 0.2) is 11.6 Å². The van der Waals surface area contributed by atoms with Crippen LogP contribution in [0.3, 0.4) is 0 Å². The normalized spacial score (nSPS) is 7.40. The number of ketones is 7. The van der Waals surface area contributed by atoms with Gasteiger partial charge in [0.25, 0.3) is 0 Å². The number of amides is 4. The van der Waals surface area contributed by atoms with Crippen LogP contribution in [0.2, 0.25) is 0 Å². The zero-order chi connectivity index (χ0) is 60.0. The minimum Gasteiger partial charge on any atom is -0.466 e. The number of esters is 1. The third-order valence-electron chi connectivity index (χ3n) is 5.64. The van der Waals surface area contributed by atoms with Crippen LogP contribution < -0.4 is 31.9 Å². The first-order valence-electron chi connectivity index (χ1n) is 24.3. The van der Waals surface area contributed by atoms with Gasteiger partial charge >= 0.3 is 12.1 Å². The van der Waals surface area contributed by atoms with E-state index in [9.17, 15) is 57.5 Å². The molecular formula is C61H144N6O16. The Morgan fingerprint density at radius 2 is 0.783 bits per heavy atom. The summed E-state index contributed by atoms with van der Waals surface area (Å²) >= 11 is 0. The smallest absolute Gasteiger partial charge is 0.407 e. The fraction of sp³-hybridized carbons (Fsp3) is 0.770. The molecule has 0 aliphatic carbocycles. The second kappa shape index (κ2) is 132. The number of alkyl carbamates (subject to hydrolysis) is 1. The molecular weight excluding hydrogens is 1070 g/mol. The molecule has 514 valence electrons. The SMILES string of the molecule is C.C.C.C.C.C.C.C.C.C.CC=CC(C)=O.CCC.CCC(=O)NC.CCC(=O)NCC(C)=O.CCC(C)=O.CCNC(C)=O.CCNCC(C)=O.CCOC(=O)NCC(C)=O.CCOC(C)=O.CCOCC(C)=O.COCNCC(C)=O. The molecule has 0 spiro atoms. The fourth-order valence-electron chi connectivity index (χ4n) is 2.47. The molecule has 0 bridgehead atoms. The maximum atomic E-state index is 10.5. The van der Waals surface area contributed by atoms with Gasteiger partial charge in [0, 0.05) is 60.4 Å². The lowest BCUT2D eigenvalue weighted by Crippen LogP contribution is -2.28. The number of hydrogen-bond acceptors (Lipinski definition) is 18. The number of allylic oxidation sites excluding steroid dienone is 2. The molecule has 6 N–H and O–H groups in total. The lowest BCUT2D eigenvalue weighted by molar-refractivity contribution is -0.140. The van der Waals surface area contributed by atoms with Crippen LogP contribution in [0.1, 0.15) is 238 Å². The number of carbonyl (C=O) groups is 12. The highest BCUT2D eigenvalue weighted by molar-refractivity contribution is 5.87. The second-order valence-corrected chi connectivity index (χ2v) is 13.9. The van der Waals surface area contributed by atoms with Gasteiger partial charge in [-0.2, -0.15) is 0 Å². The molecule has 4 amide bonds. The molecule has 0 unspecified atom stereocenters. The van der Waals surface area contributed by atoms with Crippen LogP contribution in [0.25, 0.3) is 0 Å². The number of rotatable bonds is 21. The van der Waals surface area contributed by atoms with Gasteiger partial charge in [0.2, 0.25) is 17.7 Å². The van der Waals surface area contributed by atoms with Crippen molar-refractivity contribution >= 4 is 70.3 Å². The fourth-order valence-corrected chi connectivity index (χ4v) is 2.47.